The van der Waals surface area contributed by atoms with E-state index in [0.717, 1.165) is 20.3 Å². The van der Waals surface area contributed by atoms with Crippen LogP contribution in [0.3, 0.4) is 0 Å². The van der Waals surface area contributed by atoms with Gasteiger partial charge < -0.3 is 4.90 Å². The molecule has 0 aliphatic carbocycles. The Morgan fingerprint density at radius 1 is 0.636 bits per heavy atom. The summed E-state index contributed by atoms with van der Waals surface area (Å²) in [4.78, 5) is 58.8. The number of hydrogen-bond acceptors (Lipinski definition) is 5. The van der Waals surface area contributed by atoms with E-state index in [4.69, 9.17) is 11.6 Å². The molecule has 0 saturated carbocycles. The van der Waals surface area contributed by atoms with Gasteiger partial charge in [-0.05, 0) is 72.3 Å². The van der Waals surface area contributed by atoms with Crippen molar-refractivity contribution in [3.8, 4) is 0 Å². The van der Waals surface area contributed by atoms with E-state index in [9.17, 15) is 19.2 Å². The molecule has 1 saturated heterocycles. The highest BCUT2D eigenvalue weighted by atomic mass is 35.5. The third kappa shape index (κ3) is 5.00. The molecule has 7 rings (SSSR count). The number of amides is 3. The molecule has 0 radical (unpaired) electrons. The predicted molar refractivity (Wildman–Crippen MR) is 170 cm³/mol. The smallest absolute Gasteiger partial charge is 0.266 e. The first-order chi connectivity index (χ1) is 21.4. The lowest BCUT2D eigenvalue weighted by molar-refractivity contribution is 0.0833. The normalized spacial score (nSPS) is 17.0. The molecule has 0 bridgehead atoms. The van der Waals surface area contributed by atoms with Crippen molar-refractivity contribution in [3.05, 3.63) is 160 Å². The van der Waals surface area contributed by atoms with E-state index in [0.29, 0.717) is 16.3 Å². The Hall–Kier alpha value is -4.98. The van der Waals surface area contributed by atoms with Crippen LogP contribution < -0.4 is 4.90 Å². The summed E-state index contributed by atoms with van der Waals surface area (Å²) in [5.41, 5.74) is 2.44. The topological polar surface area (TPSA) is 74.5 Å². The number of anilines is 1. The van der Waals surface area contributed by atoms with Gasteiger partial charge in [0.25, 0.3) is 17.7 Å². The first-order valence-electron chi connectivity index (χ1n) is 13.9. The molecule has 6 nitrogen and oxygen atoms in total. The van der Waals surface area contributed by atoms with Gasteiger partial charge in [0.05, 0.1) is 22.9 Å². The predicted octanol–water partition coefficient (Wildman–Crippen LogP) is 7.74. The summed E-state index contributed by atoms with van der Waals surface area (Å²) in [6.07, 6.45) is 0. The Kier molecular flexibility index (Phi) is 7.12. The number of Topliss-reactive ketones (excluding diaryl/α,β-unsaturated/α-hetero) is 1. The van der Waals surface area contributed by atoms with Crippen LogP contribution in [0.25, 0.3) is 0 Å². The Morgan fingerprint density at radius 2 is 1.23 bits per heavy atom. The number of halogens is 1. The van der Waals surface area contributed by atoms with Crippen LogP contribution in [-0.4, -0.2) is 34.4 Å². The molecule has 44 heavy (non-hydrogen) atoms. The zero-order valence-corrected chi connectivity index (χ0v) is 24.7. The second kappa shape index (κ2) is 11.3. The molecule has 2 heterocycles. The Balaban J connectivity index is 1.13. The molecule has 5 aromatic rings. The fourth-order valence-corrected chi connectivity index (χ4v) is 6.52. The van der Waals surface area contributed by atoms with Crippen molar-refractivity contribution in [2.75, 3.05) is 4.90 Å². The average molecular weight is 615 g/mol. The van der Waals surface area contributed by atoms with Crippen LogP contribution in [0, 0.1) is 0 Å². The lowest BCUT2D eigenvalue weighted by Crippen LogP contribution is -2.29. The third-order valence-corrected chi connectivity index (χ3v) is 9.06. The van der Waals surface area contributed by atoms with Gasteiger partial charge in [-0.15, -0.1) is 0 Å². The summed E-state index contributed by atoms with van der Waals surface area (Å²) in [6.45, 7) is 0. The molecular weight excluding hydrogens is 592 g/mol. The van der Waals surface area contributed by atoms with Crippen LogP contribution >= 0.6 is 23.4 Å². The van der Waals surface area contributed by atoms with Crippen LogP contribution in [-0.2, 0) is 0 Å². The summed E-state index contributed by atoms with van der Waals surface area (Å²) in [5.74, 6) is -1.48. The van der Waals surface area contributed by atoms with E-state index < -0.39 is 23.9 Å². The van der Waals surface area contributed by atoms with Gasteiger partial charge in [0.2, 0.25) is 0 Å². The number of benzene rings is 5. The highest BCUT2D eigenvalue weighted by Gasteiger charge is 2.56. The lowest BCUT2D eigenvalue weighted by atomic mass is 10.0. The molecular formula is C36H23ClN2O4S. The quantitative estimate of drug-likeness (QED) is 0.106. The third-order valence-electron chi connectivity index (χ3n) is 7.79. The minimum Gasteiger partial charge on any atom is -0.316 e. The Morgan fingerprint density at radius 3 is 1.89 bits per heavy atom. The summed E-state index contributed by atoms with van der Waals surface area (Å²) >= 11 is 7.52. The van der Waals surface area contributed by atoms with E-state index in [1.807, 2.05) is 72.8 Å². The van der Waals surface area contributed by atoms with Crippen molar-refractivity contribution in [3.63, 3.8) is 0 Å². The van der Waals surface area contributed by atoms with Gasteiger partial charge >= 0.3 is 0 Å². The lowest BCUT2D eigenvalue weighted by Gasteiger charge is -2.14. The number of ketones is 1. The van der Waals surface area contributed by atoms with Crippen LogP contribution in [0.2, 0.25) is 5.02 Å². The van der Waals surface area contributed by atoms with Crippen LogP contribution in [0.15, 0.2) is 137 Å². The van der Waals surface area contributed by atoms with E-state index in [2.05, 4.69) is 0 Å². The molecule has 214 valence electrons. The van der Waals surface area contributed by atoms with E-state index >= 15 is 0 Å². The molecule has 0 spiro atoms. The first kappa shape index (κ1) is 27.8. The van der Waals surface area contributed by atoms with E-state index in [1.165, 1.54) is 23.9 Å². The van der Waals surface area contributed by atoms with Gasteiger partial charge in [-0.1, -0.05) is 84.0 Å². The van der Waals surface area contributed by atoms with Gasteiger partial charge in [-0.3, -0.25) is 19.2 Å². The molecule has 0 N–H and O–H groups in total. The number of hydrogen-bond donors (Lipinski definition) is 0. The number of fused-ring (bicyclic) bond motifs is 1. The Bertz CT molecular complexity index is 1930. The molecule has 3 amide bonds. The molecule has 1 fully saturated rings. The van der Waals surface area contributed by atoms with Crippen LogP contribution in [0.5, 0.6) is 0 Å². The largest absolute Gasteiger partial charge is 0.316 e. The van der Waals surface area contributed by atoms with Crippen molar-refractivity contribution < 1.29 is 19.2 Å². The SMILES string of the molecule is O=C(c1ccccc1)[C@H]1[C@H](c2ccccc2)N1C(=O)c1ccc2c(c1)C(=O)N(c1ccc(Sc3ccc(Cl)cc3)cc1)C2=O. The summed E-state index contributed by atoms with van der Waals surface area (Å²) < 4.78 is 0. The van der Waals surface area contributed by atoms with Gasteiger partial charge in [0.15, 0.2) is 5.78 Å². The molecule has 2 aliphatic rings. The zero-order valence-electron chi connectivity index (χ0n) is 23.1. The minimum absolute atomic E-state index is 0.149. The van der Waals surface area contributed by atoms with Gasteiger partial charge in [-0.2, -0.15) is 0 Å². The summed E-state index contributed by atoms with van der Waals surface area (Å²) in [7, 11) is 0. The van der Waals surface area contributed by atoms with Crippen molar-refractivity contribution in [2.24, 2.45) is 0 Å². The van der Waals surface area contributed by atoms with Crippen LogP contribution in [0.1, 0.15) is 53.0 Å². The molecule has 0 unspecified atom stereocenters. The molecule has 5 aromatic carbocycles. The highest BCUT2D eigenvalue weighted by molar-refractivity contribution is 7.99. The van der Waals surface area contributed by atoms with Crippen molar-refractivity contribution in [1.29, 1.82) is 0 Å². The monoisotopic (exact) mass is 614 g/mol. The maximum absolute atomic E-state index is 13.8. The van der Waals surface area contributed by atoms with Gasteiger partial charge in [0.1, 0.15) is 6.04 Å². The number of carbonyl (C=O) groups excluding carboxylic acids is 4. The minimum atomic E-state index is -0.668. The second-order valence-corrected chi connectivity index (χ2v) is 12.1. The summed E-state index contributed by atoms with van der Waals surface area (Å²) in [6, 6.07) is 36.4. The molecule has 2 atom stereocenters. The highest BCUT2D eigenvalue weighted by Crippen LogP contribution is 2.46. The van der Waals surface area contributed by atoms with Crippen molar-refractivity contribution in [1.82, 2.24) is 4.90 Å². The average Bonchev–Trinajstić information content (AvgIpc) is 3.76. The maximum Gasteiger partial charge on any atom is 0.266 e. The number of carbonyl (C=O) groups is 4. The summed E-state index contributed by atoms with van der Waals surface area (Å²) in [5, 5.41) is 0.658. The van der Waals surface area contributed by atoms with Gasteiger partial charge in [0, 0.05) is 25.9 Å². The molecule has 2 aliphatic heterocycles. The number of nitrogens with zero attached hydrogens (tertiary/aromatic N) is 2. The van der Waals surface area contributed by atoms with Gasteiger partial charge in [-0.25, -0.2) is 4.90 Å². The standard InChI is InChI=1S/C36H23ClN2O4S/c37-25-12-16-27(17-13-25)44-28-18-14-26(15-19-28)38-35(42)29-20-11-24(21-30(29)36(38)43)34(41)39-31(22-7-3-1-4-8-22)32(39)33(40)23-9-5-2-6-10-23/h1-21,31-32H/t31-,32+,39?/m0/s1. The maximum atomic E-state index is 13.8. The molecule has 0 aromatic heterocycles. The van der Waals surface area contributed by atoms with Crippen LogP contribution in [0.4, 0.5) is 5.69 Å². The molecule has 8 heteroatoms. The zero-order chi connectivity index (χ0) is 30.4. The van der Waals surface area contributed by atoms with Crippen molar-refractivity contribution >= 4 is 52.6 Å². The fraction of sp³-hybridized carbons (Fsp3) is 0.0556. The van der Waals surface area contributed by atoms with E-state index in [-0.39, 0.29) is 28.4 Å². The Labute approximate surface area is 262 Å². The second-order valence-electron chi connectivity index (χ2n) is 10.5. The number of rotatable bonds is 7. The van der Waals surface area contributed by atoms with Crippen molar-refractivity contribution in [2.45, 2.75) is 21.9 Å². The number of imide groups is 1. The van der Waals surface area contributed by atoms with E-state index in [1.54, 1.807) is 47.4 Å². The first-order valence-corrected chi connectivity index (χ1v) is 15.1. The fourth-order valence-electron chi connectivity index (χ4n) is 5.58.